The summed E-state index contributed by atoms with van der Waals surface area (Å²) in [5.41, 5.74) is 4.83. The molecule has 0 bridgehead atoms. The van der Waals surface area contributed by atoms with Gasteiger partial charge < -0.3 is 9.30 Å². The second kappa shape index (κ2) is 9.66. The van der Waals surface area contributed by atoms with Crippen LogP contribution in [0.5, 0.6) is 5.75 Å². The molecule has 0 unspecified atom stereocenters. The first-order chi connectivity index (χ1) is 17.4. The molecule has 3 aromatic carbocycles. The number of carbonyl (C=O) groups excluding carboxylic acids is 2. The fourth-order valence-electron chi connectivity index (χ4n) is 4.52. The van der Waals surface area contributed by atoms with Crippen LogP contribution >= 0.6 is 0 Å². The lowest BCUT2D eigenvalue weighted by atomic mass is 10.1. The minimum Gasteiger partial charge on any atom is -0.488 e. The first kappa shape index (κ1) is 23.3. The monoisotopic (exact) mass is 478 g/mol. The maximum atomic E-state index is 13.1. The van der Waals surface area contributed by atoms with E-state index in [4.69, 9.17) is 4.74 Å². The molecule has 1 aliphatic rings. The summed E-state index contributed by atoms with van der Waals surface area (Å²) in [6.07, 6.45) is 0. The molecule has 0 saturated heterocycles. The van der Waals surface area contributed by atoms with Crippen molar-refractivity contribution in [3.8, 4) is 5.75 Å². The van der Waals surface area contributed by atoms with Gasteiger partial charge in [0.05, 0.1) is 29.8 Å². The van der Waals surface area contributed by atoms with E-state index in [0.717, 1.165) is 22.4 Å². The van der Waals surface area contributed by atoms with Gasteiger partial charge in [-0.15, -0.1) is 0 Å². The molecule has 0 spiro atoms. The normalized spacial score (nSPS) is 12.7. The molecule has 36 heavy (non-hydrogen) atoms. The highest BCUT2D eigenvalue weighted by atomic mass is 16.5. The zero-order valence-electron chi connectivity index (χ0n) is 20.2. The minimum atomic E-state index is -0.292. The Labute approximate surface area is 209 Å². The fourth-order valence-corrected chi connectivity index (χ4v) is 4.52. The number of pyridine rings is 1. The van der Waals surface area contributed by atoms with E-state index in [1.54, 1.807) is 35.8 Å². The maximum Gasteiger partial charge on any atom is 0.261 e. The number of ether oxygens (including phenoxy) is 1. The predicted octanol–water partition coefficient (Wildman–Crippen LogP) is 4.89. The minimum absolute atomic E-state index is 0.0897. The molecular formula is C30H26N2O4. The first-order valence-electron chi connectivity index (χ1n) is 11.8. The van der Waals surface area contributed by atoms with Crippen molar-refractivity contribution in [3.63, 3.8) is 0 Å². The number of amides is 2. The van der Waals surface area contributed by atoms with E-state index in [1.165, 1.54) is 4.90 Å². The van der Waals surface area contributed by atoms with Gasteiger partial charge in [-0.1, -0.05) is 66.7 Å². The molecule has 0 N–H and O–H groups in total. The van der Waals surface area contributed by atoms with Gasteiger partial charge in [-0.3, -0.25) is 19.3 Å². The Morgan fingerprint density at radius 3 is 1.94 bits per heavy atom. The summed E-state index contributed by atoms with van der Waals surface area (Å²) in [4.78, 5) is 40.0. The summed E-state index contributed by atoms with van der Waals surface area (Å²) in [6.45, 7) is 4.52. The molecule has 1 aromatic heterocycles. The molecule has 180 valence electrons. The van der Waals surface area contributed by atoms with Crippen LogP contribution < -0.4 is 10.3 Å². The number of carbonyl (C=O) groups is 2. The zero-order valence-corrected chi connectivity index (χ0v) is 20.2. The maximum absolute atomic E-state index is 13.1. The number of aromatic nitrogens is 1. The largest absolute Gasteiger partial charge is 0.488 e. The lowest BCUT2D eigenvalue weighted by Crippen LogP contribution is -2.29. The fraction of sp³-hybridized carbons (Fsp3) is 0.167. The Kier molecular flexibility index (Phi) is 6.25. The smallest absolute Gasteiger partial charge is 0.261 e. The third-order valence-electron chi connectivity index (χ3n) is 6.59. The SMILES string of the molecule is Cc1c(OCc2ccccc2CN2C(=O)c3ccccc3C2=O)cc(C)n(Cc2ccccc2)c1=O. The van der Waals surface area contributed by atoms with Crippen LogP contribution in [0.4, 0.5) is 0 Å². The lowest BCUT2D eigenvalue weighted by molar-refractivity contribution is 0.0641. The van der Waals surface area contributed by atoms with E-state index >= 15 is 0 Å². The van der Waals surface area contributed by atoms with Crippen molar-refractivity contribution in [2.24, 2.45) is 0 Å². The van der Waals surface area contributed by atoms with Gasteiger partial charge in [-0.05, 0) is 48.7 Å². The van der Waals surface area contributed by atoms with Crippen molar-refractivity contribution in [1.82, 2.24) is 9.47 Å². The van der Waals surface area contributed by atoms with E-state index in [9.17, 15) is 14.4 Å². The molecule has 1 aliphatic heterocycles. The summed E-state index contributed by atoms with van der Waals surface area (Å²) < 4.78 is 7.85. The summed E-state index contributed by atoms with van der Waals surface area (Å²) in [7, 11) is 0. The first-order valence-corrected chi connectivity index (χ1v) is 11.8. The summed E-state index contributed by atoms with van der Waals surface area (Å²) in [5.74, 6) is -0.0584. The van der Waals surface area contributed by atoms with Crippen LogP contribution in [0, 0.1) is 13.8 Å². The highest BCUT2D eigenvalue weighted by Gasteiger charge is 2.35. The van der Waals surface area contributed by atoms with Crippen LogP contribution in [0.1, 0.15) is 48.7 Å². The topological polar surface area (TPSA) is 68.6 Å². The molecular weight excluding hydrogens is 452 g/mol. The predicted molar refractivity (Wildman–Crippen MR) is 137 cm³/mol. The number of hydrogen-bond acceptors (Lipinski definition) is 4. The summed E-state index contributed by atoms with van der Waals surface area (Å²) in [5, 5.41) is 0. The highest BCUT2D eigenvalue weighted by molar-refractivity contribution is 6.21. The number of fused-ring (bicyclic) bond motifs is 1. The molecule has 0 radical (unpaired) electrons. The molecule has 0 saturated carbocycles. The Hall–Kier alpha value is -4.45. The van der Waals surface area contributed by atoms with Crippen LogP contribution in [0.15, 0.2) is 89.7 Å². The van der Waals surface area contributed by atoms with Gasteiger partial charge in [0.1, 0.15) is 12.4 Å². The number of hydrogen-bond donors (Lipinski definition) is 0. The Morgan fingerprint density at radius 1 is 0.694 bits per heavy atom. The third-order valence-corrected chi connectivity index (χ3v) is 6.59. The number of nitrogens with zero attached hydrogens (tertiary/aromatic N) is 2. The summed E-state index contributed by atoms with van der Waals surface area (Å²) >= 11 is 0. The molecule has 0 fully saturated rings. The Morgan fingerprint density at radius 2 is 1.28 bits per heavy atom. The van der Waals surface area contributed by atoms with Crippen LogP contribution in [0.2, 0.25) is 0 Å². The van der Waals surface area contributed by atoms with E-state index in [0.29, 0.717) is 29.0 Å². The quantitative estimate of drug-likeness (QED) is 0.355. The van der Waals surface area contributed by atoms with Gasteiger partial charge in [0.25, 0.3) is 17.4 Å². The number of benzene rings is 3. The number of imide groups is 1. The zero-order chi connectivity index (χ0) is 25.2. The van der Waals surface area contributed by atoms with Crippen molar-refractivity contribution in [2.75, 3.05) is 0 Å². The third kappa shape index (κ3) is 4.33. The average Bonchev–Trinajstić information content (AvgIpc) is 3.14. The molecule has 2 amide bonds. The van der Waals surface area contributed by atoms with Crippen LogP contribution in [0.3, 0.4) is 0 Å². The van der Waals surface area contributed by atoms with Crippen molar-refractivity contribution in [3.05, 3.63) is 134 Å². The van der Waals surface area contributed by atoms with E-state index in [-0.39, 0.29) is 30.5 Å². The van der Waals surface area contributed by atoms with Crippen molar-refractivity contribution in [2.45, 2.75) is 33.5 Å². The van der Waals surface area contributed by atoms with Crippen LogP contribution in [0.25, 0.3) is 0 Å². The van der Waals surface area contributed by atoms with Gasteiger partial charge in [0.15, 0.2) is 0 Å². The van der Waals surface area contributed by atoms with Crippen LogP contribution in [-0.4, -0.2) is 21.3 Å². The molecule has 2 heterocycles. The van der Waals surface area contributed by atoms with E-state index in [2.05, 4.69) is 0 Å². The second-order valence-corrected chi connectivity index (χ2v) is 8.95. The Bertz CT molecular complexity index is 1490. The van der Waals surface area contributed by atoms with Crippen molar-refractivity contribution in [1.29, 1.82) is 0 Å². The molecule has 0 aliphatic carbocycles. The number of aryl methyl sites for hydroxylation is 1. The molecule has 6 nitrogen and oxygen atoms in total. The Balaban J connectivity index is 1.35. The van der Waals surface area contributed by atoms with E-state index < -0.39 is 0 Å². The molecule has 6 heteroatoms. The van der Waals surface area contributed by atoms with Gasteiger partial charge in [0, 0.05) is 5.69 Å². The van der Waals surface area contributed by atoms with Crippen molar-refractivity contribution >= 4 is 11.8 Å². The number of rotatable bonds is 7. The molecule has 0 atom stereocenters. The van der Waals surface area contributed by atoms with Crippen LogP contribution in [-0.2, 0) is 19.7 Å². The molecule has 4 aromatic rings. The van der Waals surface area contributed by atoms with Gasteiger partial charge >= 0.3 is 0 Å². The van der Waals surface area contributed by atoms with Gasteiger partial charge in [-0.25, -0.2) is 0 Å². The molecule has 5 rings (SSSR count). The highest BCUT2D eigenvalue weighted by Crippen LogP contribution is 2.26. The van der Waals surface area contributed by atoms with Gasteiger partial charge in [0.2, 0.25) is 0 Å². The van der Waals surface area contributed by atoms with Crippen molar-refractivity contribution < 1.29 is 14.3 Å². The second-order valence-electron chi connectivity index (χ2n) is 8.95. The average molecular weight is 479 g/mol. The van der Waals surface area contributed by atoms with E-state index in [1.807, 2.05) is 67.6 Å². The summed E-state index contributed by atoms with van der Waals surface area (Å²) in [6, 6.07) is 26.2. The van der Waals surface area contributed by atoms with Gasteiger partial charge in [-0.2, -0.15) is 0 Å². The standard InChI is InChI=1S/C30H26N2O4/c1-20-16-27(21(2)28(33)31(20)17-22-10-4-3-5-11-22)36-19-24-13-7-6-12-23(24)18-32-29(34)25-14-8-9-15-26(25)30(32)35/h3-16H,17-19H2,1-2H3. The lowest BCUT2D eigenvalue weighted by Gasteiger charge is -2.18.